The molecule has 2 aromatic rings. The van der Waals surface area contributed by atoms with Gasteiger partial charge in [0.2, 0.25) is 0 Å². The van der Waals surface area contributed by atoms with Crippen LogP contribution in [-0.2, 0) is 0 Å². The highest BCUT2D eigenvalue weighted by Crippen LogP contribution is 2.29. The maximum absolute atomic E-state index is 12.7. The maximum Gasteiger partial charge on any atom is 0.198 e. The largest absolute Gasteiger partial charge is 0.489 e. The van der Waals surface area contributed by atoms with Crippen LogP contribution >= 0.6 is 0 Å². The van der Waals surface area contributed by atoms with Gasteiger partial charge < -0.3 is 14.5 Å². The number of Topliss-reactive ketones (excluding diaryl/α,β-unsaturated/α-hetero) is 1. The molecule has 1 saturated heterocycles. The van der Waals surface area contributed by atoms with E-state index in [2.05, 4.69) is 5.32 Å². The van der Waals surface area contributed by atoms with Crippen molar-refractivity contribution < 1.29 is 13.9 Å². The first kappa shape index (κ1) is 20.1. The van der Waals surface area contributed by atoms with Crippen LogP contribution in [0, 0.1) is 11.8 Å². The molecule has 0 bridgehead atoms. The molecule has 0 atom stereocenters. The highest BCUT2D eigenvalue weighted by Gasteiger charge is 2.19. The first-order chi connectivity index (χ1) is 14.2. The second-order valence-electron chi connectivity index (χ2n) is 8.58. The minimum atomic E-state index is -0.181. The van der Waals surface area contributed by atoms with Crippen molar-refractivity contribution in [2.45, 2.75) is 57.8 Å². The molecule has 5 nitrogen and oxygen atoms in total. The zero-order chi connectivity index (χ0) is 20.1. The second-order valence-corrected chi connectivity index (χ2v) is 8.58. The Balaban J connectivity index is 1.49. The lowest BCUT2D eigenvalue weighted by Crippen LogP contribution is -2.30. The topological polar surface area (TPSA) is 68.5 Å². The predicted octanol–water partition coefficient (Wildman–Crippen LogP) is 4.71. The van der Waals surface area contributed by atoms with Gasteiger partial charge in [-0.25, -0.2) is 0 Å². The average Bonchev–Trinajstić information content (AvgIpc) is 2.77. The number of hydrogen-bond acceptors (Lipinski definition) is 5. The summed E-state index contributed by atoms with van der Waals surface area (Å²) in [7, 11) is 0. The summed E-state index contributed by atoms with van der Waals surface area (Å²) >= 11 is 0. The Bertz CT molecular complexity index is 891. The molecule has 2 heterocycles. The summed E-state index contributed by atoms with van der Waals surface area (Å²) < 4.78 is 12.0. The van der Waals surface area contributed by atoms with Crippen LogP contribution in [0.2, 0.25) is 0 Å². The highest BCUT2D eigenvalue weighted by atomic mass is 16.5. The lowest BCUT2D eigenvalue weighted by Gasteiger charge is -2.22. The Morgan fingerprint density at radius 2 is 1.86 bits per heavy atom. The SMILES string of the molecule is O=C(CCC1CCCCC1)c1cc(=O)c2cccc(OCC3CCNCC3)c2o1. The van der Waals surface area contributed by atoms with Crippen molar-refractivity contribution in [2.75, 3.05) is 19.7 Å². The zero-order valence-electron chi connectivity index (χ0n) is 17.1. The van der Waals surface area contributed by atoms with E-state index in [0.717, 1.165) is 32.4 Å². The molecular weight excluding hydrogens is 366 g/mol. The van der Waals surface area contributed by atoms with Crippen LogP contribution in [0.5, 0.6) is 5.75 Å². The Morgan fingerprint density at radius 1 is 1.07 bits per heavy atom. The van der Waals surface area contributed by atoms with E-state index in [9.17, 15) is 9.59 Å². The number of ether oxygens (including phenoxy) is 1. The van der Waals surface area contributed by atoms with Gasteiger partial charge in [-0.2, -0.15) is 0 Å². The number of benzene rings is 1. The number of carbonyl (C=O) groups is 1. The van der Waals surface area contributed by atoms with E-state index in [-0.39, 0.29) is 17.0 Å². The van der Waals surface area contributed by atoms with E-state index in [4.69, 9.17) is 9.15 Å². The van der Waals surface area contributed by atoms with E-state index in [1.807, 2.05) is 12.1 Å². The minimum Gasteiger partial charge on any atom is -0.489 e. The zero-order valence-corrected chi connectivity index (χ0v) is 17.1. The summed E-state index contributed by atoms with van der Waals surface area (Å²) in [6.45, 7) is 2.63. The van der Waals surface area contributed by atoms with Crippen LogP contribution in [0.3, 0.4) is 0 Å². The lowest BCUT2D eigenvalue weighted by atomic mass is 9.85. The molecule has 1 saturated carbocycles. The van der Waals surface area contributed by atoms with Gasteiger partial charge in [0.15, 0.2) is 28.3 Å². The molecule has 2 aliphatic rings. The van der Waals surface area contributed by atoms with Gasteiger partial charge in [0.1, 0.15) is 0 Å². The van der Waals surface area contributed by atoms with Crippen molar-refractivity contribution in [2.24, 2.45) is 11.8 Å². The number of rotatable bonds is 7. The third-order valence-electron chi connectivity index (χ3n) is 6.43. The maximum atomic E-state index is 12.7. The molecular formula is C24H31NO4. The Kier molecular flexibility index (Phi) is 6.65. The molecule has 0 unspecified atom stereocenters. The second kappa shape index (κ2) is 9.57. The summed E-state index contributed by atoms with van der Waals surface area (Å²) in [6.07, 6.45) is 9.76. The molecule has 156 valence electrons. The van der Waals surface area contributed by atoms with Gasteiger partial charge in [-0.15, -0.1) is 0 Å². The molecule has 0 amide bonds. The number of fused-ring (bicyclic) bond motifs is 1. The van der Waals surface area contributed by atoms with Crippen LogP contribution in [-0.4, -0.2) is 25.5 Å². The number of carbonyl (C=O) groups excluding carboxylic acids is 1. The van der Waals surface area contributed by atoms with Crippen molar-refractivity contribution in [3.05, 3.63) is 40.2 Å². The van der Waals surface area contributed by atoms with Crippen molar-refractivity contribution in [1.82, 2.24) is 5.32 Å². The Hall–Kier alpha value is -2.14. The van der Waals surface area contributed by atoms with Crippen LogP contribution in [0.4, 0.5) is 0 Å². The summed E-state index contributed by atoms with van der Waals surface area (Å²) in [5.41, 5.74) is 0.217. The molecule has 1 aliphatic heterocycles. The number of piperidine rings is 1. The van der Waals surface area contributed by atoms with E-state index in [0.29, 0.717) is 41.6 Å². The fraction of sp³-hybridized carbons (Fsp3) is 0.583. The molecule has 1 aromatic carbocycles. The number of ketones is 1. The molecule has 5 heteroatoms. The fourth-order valence-corrected chi connectivity index (χ4v) is 4.59. The quantitative estimate of drug-likeness (QED) is 0.685. The van der Waals surface area contributed by atoms with Gasteiger partial charge >= 0.3 is 0 Å². The van der Waals surface area contributed by atoms with Gasteiger partial charge in [0.25, 0.3) is 0 Å². The van der Waals surface area contributed by atoms with Crippen LogP contribution < -0.4 is 15.5 Å². The molecule has 29 heavy (non-hydrogen) atoms. The number of para-hydroxylation sites is 1. The Morgan fingerprint density at radius 3 is 2.66 bits per heavy atom. The van der Waals surface area contributed by atoms with Gasteiger partial charge in [-0.05, 0) is 56.3 Å². The average molecular weight is 398 g/mol. The normalized spacial score (nSPS) is 18.8. The van der Waals surface area contributed by atoms with E-state index >= 15 is 0 Å². The third kappa shape index (κ3) is 5.08. The van der Waals surface area contributed by atoms with Crippen LogP contribution in [0.25, 0.3) is 11.0 Å². The van der Waals surface area contributed by atoms with E-state index in [1.165, 1.54) is 38.2 Å². The third-order valence-corrected chi connectivity index (χ3v) is 6.43. The van der Waals surface area contributed by atoms with E-state index < -0.39 is 0 Å². The van der Waals surface area contributed by atoms with Crippen molar-refractivity contribution in [3.8, 4) is 5.75 Å². The van der Waals surface area contributed by atoms with Gasteiger partial charge in [-0.3, -0.25) is 9.59 Å². The standard InChI is InChI=1S/C24H31NO4/c26-20(10-9-17-5-2-1-3-6-17)23-15-21(27)19-7-4-8-22(24(19)29-23)28-16-18-11-13-25-14-12-18/h4,7-8,15,17-18,25H,1-3,5-6,9-14,16H2. The first-order valence-corrected chi connectivity index (χ1v) is 11.1. The Labute approximate surface area is 171 Å². The predicted molar refractivity (Wildman–Crippen MR) is 114 cm³/mol. The molecule has 1 aliphatic carbocycles. The smallest absolute Gasteiger partial charge is 0.198 e. The van der Waals surface area contributed by atoms with Crippen LogP contribution in [0.1, 0.15) is 68.3 Å². The van der Waals surface area contributed by atoms with E-state index in [1.54, 1.807) is 6.07 Å². The summed E-state index contributed by atoms with van der Waals surface area (Å²) in [6, 6.07) is 6.71. The monoisotopic (exact) mass is 397 g/mol. The molecule has 2 fully saturated rings. The van der Waals surface area contributed by atoms with Crippen molar-refractivity contribution >= 4 is 16.8 Å². The van der Waals surface area contributed by atoms with Crippen molar-refractivity contribution in [1.29, 1.82) is 0 Å². The fourth-order valence-electron chi connectivity index (χ4n) is 4.59. The molecule has 0 spiro atoms. The molecule has 1 N–H and O–H groups in total. The van der Waals surface area contributed by atoms with Gasteiger partial charge in [0, 0.05) is 12.5 Å². The number of nitrogens with one attached hydrogen (secondary N) is 1. The summed E-state index contributed by atoms with van der Waals surface area (Å²) in [5.74, 6) is 1.77. The van der Waals surface area contributed by atoms with Gasteiger partial charge in [0.05, 0.1) is 12.0 Å². The summed E-state index contributed by atoms with van der Waals surface area (Å²) in [4.78, 5) is 25.3. The van der Waals surface area contributed by atoms with Gasteiger partial charge in [-0.1, -0.05) is 38.2 Å². The van der Waals surface area contributed by atoms with Crippen molar-refractivity contribution in [3.63, 3.8) is 0 Å². The van der Waals surface area contributed by atoms with Crippen LogP contribution in [0.15, 0.2) is 33.5 Å². The lowest BCUT2D eigenvalue weighted by molar-refractivity contribution is 0.0943. The summed E-state index contributed by atoms with van der Waals surface area (Å²) in [5, 5.41) is 3.82. The molecule has 4 rings (SSSR count). The minimum absolute atomic E-state index is 0.0808. The molecule has 0 radical (unpaired) electrons. The first-order valence-electron chi connectivity index (χ1n) is 11.1. The number of hydrogen-bond donors (Lipinski definition) is 1. The molecule has 1 aromatic heterocycles. The highest BCUT2D eigenvalue weighted by molar-refractivity contribution is 5.95.